The van der Waals surface area contributed by atoms with E-state index in [-0.39, 0.29) is 0 Å². The van der Waals surface area contributed by atoms with Crippen LogP contribution in [0.5, 0.6) is 0 Å². The van der Waals surface area contributed by atoms with Crippen LogP contribution in [-0.4, -0.2) is 11.6 Å². The Morgan fingerprint density at radius 2 is 1.67 bits per heavy atom. The fourth-order valence-electron chi connectivity index (χ4n) is 6.22. The van der Waals surface area contributed by atoms with Crippen molar-refractivity contribution in [1.82, 2.24) is 5.32 Å². The molecule has 0 heterocycles. The van der Waals surface area contributed by atoms with Gasteiger partial charge in [0.1, 0.15) is 0 Å². The Balaban J connectivity index is 1.71. The number of benzene rings is 1. The van der Waals surface area contributed by atoms with Gasteiger partial charge in [0.05, 0.1) is 0 Å². The minimum Gasteiger partial charge on any atom is -0.399 e. The van der Waals surface area contributed by atoms with E-state index in [0.29, 0.717) is 17.0 Å². The molecule has 114 valence electrons. The van der Waals surface area contributed by atoms with Crippen molar-refractivity contribution in [3.63, 3.8) is 0 Å². The molecule has 0 amide bonds. The van der Waals surface area contributed by atoms with Crippen LogP contribution < -0.4 is 11.1 Å². The van der Waals surface area contributed by atoms with E-state index in [0.717, 1.165) is 17.5 Å². The summed E-state index contributed by atoms with van der Waals surface area (Å²) in [6.45, 7) is 4.60. The van der Waals surface area contributed by atoms with Crippen molar-refractivity contribution in [2.24, 2.45) is 11.8 Å². The summed E-state index contributed by atoms with van der Waals surface area (Å²) >= 11 is 0. The third-order valence-corrected chi connectivity index (χ3v) is 6.18. The molecule has 1 aromatic rings. The van der Waals surface area contributed by atoms with Crippen LogP contribution in [0.1, 0.15) is 57.9 Å². The van der Waals surface area contributed by atoms with Crippen molar-refractivity contribution in [1.29, 1.82) is 0 Å². The van der Waals surface area contributed by atoms with Crippen molar-refractivity contribution in [3.05, 3.63) is 29.8 Å². The summed E-state index contributed by atoms with van der Waals surface area (Å²) < 4.78 is 0. The van der Waals surface area contributed by atoms with E-state index in [9.17, 15) is 0 Å². The van der Waals surface area contributed by atoms with Crippen molar-refractivity contribution in [3.8, 4) is 0 Å². The lowest BCUT2D eigenvalue weighted by atomic mass is 9.45. The summed E-state index contributed by atoms with van der Waals surface area (Å²) in [6.07, 6.45) is 8.40. The predicted octanol–water partition coefficient (Wildman–Crippen LogP) is 3.86. The van der Waals surface area contributed by atoms with E-state index in [1.807, 2.05) is 0 Å². The topological polar surface area (TPSA) is 38.0 Å². The summed E-state index contributed by atoms with van der Waals surface area (Å²) in [5.41, 5.74) is 9.15. The second-order valence-electron chi connectivity index (χ2n) is 8.44. The SMILES string of the molecule is CC(C)NC12CC3CC(C1)CC(c1ccc(N)cc1)(C3)C2. The normalized spacial score (nSPS) is 40.9. The summed E-state index contributed by atoms with van der Waals surface area (Å²) in [6, 6.07) is 9.37. The van der Waals surface area contributed by atoms with Gasteiger partial charge in [0.15, 0.2) is 0 Å². The molecule has 0 saturated heterocycles. The highest BCUT2D eigenvalue weighted by atomic mass is 15.0. The number of anilines is 1. The predicted molar refractivity (Wildman–Crippen MR) is 88.2 cm³/mol. The zero-order chi connectivity index (χ0) is 14.7. The Bertz CT molecular complexity index is 511. The number of hydrogen-bond acceptors (Lipinski definition) is 2. The highest BCUT2D eigenvalue weighted by molar-refractivity contribution is 5.43. The van der Waals surface area contributed by atoms with Crippen LogP contribution >= 0.6 is 0 Å². The fraction of sp³-hybridized carbons (Fsp3) is 0.684. The summed E-state index contributed by atoms with van der Waals surface area (Å²) in [5.74, 6) is 1.85. The summed E-state index contributed by atoms with van der Waals surface area (Å²) in [7, 11) is 0. The smallest absolute Gasteiger partial charge is 0.0314 e. The molecule has 4 bridgehead atoms. The van der Waals surface area contributed by atoms with E-state index < -0.39 is 0 Å². The quantitative estimate of drug-likeness (QED) is 0.827. The van der Waals surface area contributed by atoms with Crippen molar-refractivity contribution in [2.75, 3.05) is 5.73 Å². The molecule has 0 aromatic heterocycles. The van der Waals surface area contributed by atoms with Crippen LogP contribution in [-0.2, 0) is 5.41 Å². The first-order valence-electron chi connectivity index (χ1n) is 8.62. The van der Waals surface area contributed by atoms with E-state index in [1.54, 1.807) is 5.56 Å². The molecule has 0 radical (unpaired) electrons. The Morgan fingerprint density at radius 3 is 2.24 bits per heavy atom. The molecule has 0 aliphatic heterocycles. The molecule has 4 fully saturated rings. The molecule has 3 N–H and O–H groups in total. The largest absolute Gasteiger partial charge is 0.399 e. The zero-order valence-electron chi connectivity index (χ0n) is 13.4. The van der Waals surface area contributed by atoms with Crippen LogP contribution in [0.4, 0.5) is 5.69 Å². The number of nitrogens with two attached hydrogens (primary N) is 1. The molecular weight excluding hydrogens is 256 g/mol. The summed E-state index contributed by atoms with van der Waals surface area (Å²) in [5, 5.41) is 3.97. The number of nitrogens with one attached hydrogen (secondary N) is 1. The van der Waals surface area contributed by atoms with Gasteiger partial charge in [0.2, 0.25) is 0 Å². The molecule has 21 heavy (non-hydrogen) atoms. The van der Waals surface area contributed by atoms with E-state index >= 15 is 0 Å². The van der Waals surface area contributed by atoms with Gasteiger partial charge in [-0.1, -0.05) is 26.0 Å². The second-order valence-corrected chi connectivity index (χ2v) is 8.44. The van der Waals surface area contributed by atoms with Crippen LogP contribution in [0.25, 0.3) is 0 Å². The van der Waals surface area contributed by atoms with Gasteiger partial charge in [0, 0.05) is 17.3 Å². The Labute approximate surface area is 128 Å². The van der Waals surface area contributed by atoms with Gasteiger partial charge < -0.3 is 11.1 Å². The van der Waals surface area contributed by atoms with Gasteiger partial charge in [-0.2, -0.15) is 0 Å². The summed E-state index contributed by atoms with van der Waals surface area (Å²) in [4.78, 5) is 0. The first-order chi connectivity index (χ1) is 9.99. The Kier molecular flexibility index (Phi) is 2.91. The molecule has 0 spiro atoms. The maximum atomic E-state index is 5.90. The van der Waals surface area contributed by atoms with Gasteiger partial charge >= 0.3 is 0 Å². The van der Waals surface area contributed by atoms with Crippen molar-refractivity contribution in [2.45, 2.75) is 69.4 Å². The molecule has 1 aromatic carbocycles. The Hall–Kier alpha value is -1.02. The van der Waals surface area contributed by atoms with Gasteiger partial charge in [-0.3, -0.25) is 0 Å². The molecule has 2 unspecified atom stereocenters. The van der Waals surface area contributed by atoms with Gasteiger partial charge in [-0.05, 0) is 73.5 Å². The standard InChI is InChI=1S/C19H28N2/c1-13(2)21-19-10-14-7-15(11-19)9-18(8-14,12-19)16-3-5-17(20)6-4-16/h3-6,13-15,21H,7-12,20H2,1-2H3. The fourth-order valence-corrected chi connectivity index (χ4v) is 6.22. The molecule has 4 aliphatic carbocycles. The molecule has 4 aliphatic rings. The van der Waals surface area contributed by atoms with E-state index in [2.05, 4.69) is 43.4 Å². The average Bonchev–Trinajstić information content (AvgIpc) is 2.35. The van der Waals surface area contributed by atoms with Crippen LogP contribution in [0.3, 0.4) is 0 Å². The molecule has 2 nitrogen and oxygen atoms in total. The monoisotopic (exact) mass is 284 g/mol. The molecule has 2 heteroatoms. The third-order valence-electron chi connectivity index (χ3n) is 6.18. The van der Waals surface area contributed by atoms with Gasteiger partial charge in [-0.15, -0.1) is 0 Å². The lowest BCUT2D eigenvalue weighted by Gasteiger charge is -2.63. The second kappa shape index (κ2) is 4.49. The maximum absolute atomic E-state index is 5.90. The van der Waals surface area contributed by atoms with Gasteiger partial charge in [-0.25, -0.2) is 0 Å². The zero-order valence-corrected chi connectivity index (χ0v) is 13.4. The first kappa shape index (κ1) is 13.6. The highest BCUT2D eigenvalue weighted by Gasteiger charge is 2.58. The number of hydrogen-bond donors (Lipinski definition) is 2. The van der Waals surface area contributed by atoms with E-state index in [4.69, 9.17) is 5.73 Å². The maximum Gasteiger partial charge on any atom is 0.0314 e. The molecule has 5 rings (SSSR count). The third kappa shape index (κ3) is 2.19. The molecule has 4 saturated carbocycles. The number of nitrogen functional groups attached to an aromatic ring is 1. The molecule has 2 atom stereocenters. The average molecular weight is 284 g/mol. The first-order valence-corrected chi connectivity index (χ1v) is 8.62. The van der Waals surface area contributed by atoms with E-state index in [1.165, 1.54) is 38.5 Å². The highest BCUT2D eigenvalue weighted by Crippen LogP contribution is 2.62. The minimum atomic E-state index is 0.402. The van der Waals surface area contributed by atoms with Crippen LogP contribution in [0, 0.1) is 11.8 Å². The minimum absolute atomic E-state index is 0.402. The van der Waals surface area contributed by atoms with Crippen molar-refractivity contribution < 1.29 is 0 Å². The van der Waals surface area contributed by atoms with Crippen molar-refractivity contribution >= 4 is 5.69 Å². The lowest BCUT2D eigenvalue weighted by molar-refractivity contribution is -0.0439. The van der Waals surface area contributed by atoms with Gasteiger partial charge in [0.25, 0.3) is 0 Å². The molecular formula is C19H28N2. The Morgan fingerprint density at radius 1 is 1.05 bits per heavy atom. The lowest BCUT2D eigenvalue weighted by Crippen LogP contribution is -2.64. The van der Waals surface area contributed by atoms with Crippen LogP contribution in [0.15, 0.2) is 24.3 Å². The van der Waals surface area contributed by atoms with Crippen LogP contribution in [0.2, 0.25) is 0 Å². The number of rotatable bonds is 3.